The molecule has 0 atom stereocenters. The Kier molecular flexibility index (Phi) is 5.76. The van der Waals surface area contributed by atoms with Gasteiger partial charge >= 0.3 is 0 Å². The van der Waals surface area contributed by atoms with Crippen molar-refractivity contribution in [1.29, 1.82) is 0 Å². The van der Waals surface area contributed by atoms with Gasteiger partial charge in [-0.1, -0.05) is 12.1 Å². The van der Waals surface area contributed by atoms with Crippen LogP contribution < -0.4 is 15.4 Å². The first-order valence-corrected chi connectivity index (χ1v) is 7.67. The Hall–Kier alpha value is -2.09. The first kappa shape index (κ1) is 16.3. The van der Waals surface area contributed by atoms with E-state index in [4.69, 9.17) is 4.74 Å². The maximum atomic E-state index is 11.9. The third-order valence-corrected chi connectivity index (χ3v) is 3.58. The quantitative estimate of drug-likeness (QED) is 0.745. The number of carbonyl (C=O) groups excluding carboxylic acids is 2. The predicted octanol–water partition coefficient (Wildman–Crippen LogP) is 2.67. The maximum Gasteiger partial charge on any atom is 0.262 e. The summed E-state index contributed by atoms with van der Waals surface area (Å²) in [6.45, 7) is -0.122. The minimum Gasteiger partial charge on any atom is -0.484 e. The molecule has 2 rings (SSSR count). The van der Waals surface area contributed by atoms with Crippen molar-refractivity contribution < 1.29 is 14.3 Å². The number of ether oxygens (including phenoxy) is 1. The molecule has 0 fully saturated rings. The Morgan fingerprint density at radius 2 is 1.77 bits per heavy atom. The number of rotatable bonds is 5. The lowest BCUT2D eigenvalue weighted by Gasteiger charge is -2.11. The van der Waals surface area contributed by atoms with Crippen LogP contribution in [0.3, 0.4) is 0 Å². The van der Waals surface area contributed by atoms with Crippen molar-refractivity contribution in [1.82, 2.24) is 5.32 Å². The zero-order valence-corrected chi connectivity index (χ0v) is 14.1. The number of para-hydroxylation sites is 1. The molecule has 0 bridgehead atoms. The van der Waals surface area contributed by atoms with Gasteiger partial charge in [0.05, 0.1) is 11.3 Å². The minimum atomic E-state index is -0.324. The molecule has 2 amide bonds. The fourth-order valence-corrected chi connectivity index (χ4v) is 2.15. The fourth-order valence-electron chi connectivity index (χ4n) is 1.79. The van der Waals surface area contributed by atoms with Crippen molar-refractivity contribution in [3.8, 4) is 5.75 Å². The summed E-state index contributed by atoms with van der Waals surface area (Å²) in [7, 11) is 1.54. The van der Waals surface area contributed by atoms with Crippen LogP contribution in [0.25, 0.3) is 0 Å². The summed E-state index contributed by atoms with van der Waals surface area (Å²) in [5.74, 6) is 0.0412. The van der Waals surface area contributed by atoms with Crippen LogP contribution in [0.5, 0.6) is 5.75 Å². The van der Waals surface area contributed by atoms with Crippen LogP contribution in [-0.4, -0.2) is 25.5 Å². The van der Waals surface area contributed by atoms with Crippen LogP contribution in [0.4, 0.5) is 5.69 Å². The van der Waals surface area contributed by atoms with Crippen molar-refractivity contribution in [2.45, 2.75) is 0 Å². The number of anilines is 1. The Morgan fingerprint density at radius 1 is 1.09 bits per heavy atom. The third kappa shape index (κ3) is 4.45. The largest absolute Gasteiger partial charge is 0.484 e. The molecule has 0 aliphatic heterocycles. The van der Waals surface area contributed by atoms with Gasteiger partial charge in [-0.2, -0.15) is 0 Å². The SMILES string of the molecule is CNC(=O)c1ccccc1NC(=O)COc1ccc(I)cc1. The smallest absolute Gasteiger partial charge is 0.262 e. The van der Waals surface area contributed by atoms with Gasteiger partial charge in [0.2, 0.25) is 0 Å². The van der Waals surface area contributed by atoms with Gasteiger partial charge in [0.1, 0.15) is 5.75 Å². The number of amides is 2. The molecule has 114 valence electrons. The van der Waals surface area contributed by atoms with Crippen molar-refractivity contribution in [3.05, 3.63) is 57.7 Å². The normalized spacial score (nSPS) is 9.91. The van der Waals surface area contributed by atoms with Crippen molar-refractivity contribution in [3.63, 3.8) is 0 Å². The van der Waals surface area contributed by atoms with E-state index in [1.165, 1.54) is 0 Å². The predicted molar refractivity (Wildman–Crippen MR) is 93.1 cm³/mol. The van der Waals surface area contributed by atoms with Gasteiger partial charge in [-0.3, -0.25) is 9.59 Å². The Morgan fingerprint density at radius 3 is 2.45 bits per heavy atom. The second-order valence-corrected chi connectivity index (χ2v) is 5.66. The highest BCUT2D eigenvalue weighted by molar-refractivity contribution is 14.1. The molecular weight excluding hydrogens is 395 g/mol. The summed E-state index contributed by atoms with van der Waals surface area (Å²) in [6, 6.07) is 14.2. The van der Waals surface area contributed by atoms with Gasteiger partial charge in [-0.05, 0) is 59.0 Å². The number of nitrogens with one attached hydrogen (secondary N) is 2. The Balaban J connectivity index is 1.97. The molecule has 6 heteroatoms. The van der Waals surface area contributed by atoms with E-state index in [2.05, 4.69) is 33.2 Å². The van der Waals surface area contributed by atoms with E-state index in [9.17, 15) is 9.59 Å². The third-order valence-electron chi connectivity index (χ3n) is 2.86. The molecule has 2 N–H and O–H groups in total. The van der Waals surface area contributed by atoms with E-state index in [-0.39, 0.29) is 18.4 Å². The van der Waals surface area contributed by atoms with Crippen molar-refractivity contribution in [2.75, 3.05) is 19.0 Å². The van der Waals surface area contributed by atoms with Gasteiger partial charge in [0.15, 0.2) is 6.61 Å². The van der Waals surface area contributed by atoms with Gasteiger partial charge in [-0.15, -0.1) is 0 Å². The molecule has 0 spiro atoms. The molecule has 22 heavy (non-hydrogen) atoms. The van der Waals surface area contributed by atoms with E-state index in [1.54, 1.807) is 43.4 Å². The van der Waals surface area contributed by atoms with E-state index >= 15 is 0 Å². The molecule has 0 saturated carbocycles. The molecule has 0 saturated heterocycles. The van der Waals surface area contributed by atoms with Gasteiger partial charge in [0, 0.05) is 10.6 Å². The van der Waals surface area contributed by atoms with E-state index < -0.39 is 0 Å². The first-order valence-electron chi connectivity index (χ1n) is 6.59. The number of hydrogen-bond donors (Lipinski definition) is 2. The van der Waals surface area contributed by atoms with Gasteiger partial charge in [-0.25, -0.2) is 0 Å². The number of halogens is 1. The van der Waals surface area contributed by atoms with Crippen LogP contribution in [0, 0.1) is 3.57 Å². The standard InChI is InChI=1S/C16H15IN2O3/c1-18-16(21)13-4-2-3-5-14(13)19-15(20)10-22-12-8-6-11(17)7-9-12/h2-9H,10H2,1H3,(H,18,21)(H,19,20). The monoisotopic (exact) mass is 410 g/mol. The minimum absolute atomic E-state index is 0.122. The summed E-state index contributed by atoms with van der Waals surface area (Å²) >= 11 is 2.19. The summed E-state index contributed by atoms with van der Waals surface area (Å²) in [6.07, 6.45) is 0. The molecule has 0 aliphatic rings. The molecule has 0 heterocycles. The van der Waals surface area contributed by atoms with Crippen LogP contribution in [0.2, 0.25) is 0 Å². The summed E-state index contributed by atoms with van der Waals surface area (Å²) in [4.78, 5) is 23.7. The van der Waals surface area contributed by atoms with Crippen LogP contribution in [-0.2, 0) is 4.79 Å². The molecule has 0 aromatic heterocycles. The zero-order valence-electron chi connectivity index (χ0n) is 11.9. The lowest BCUT2D eigenvalue weighted by Crippen LogP contribution is -2.24. The molecule has 0 aliphatic carbocycles. The molecule has 0 radical (unpaired) electrons. The molecule has 2 aromatic rings. The van der Waals surface area contributed by atoms with Gasteiger partial charge in [0.25, 0.3) is 11.8 Å². The van der Waals surface area contributed by atoms with Gasteiger partial charge < -0.3 is 15.4 Å². The van der Waals surface area contributed by atoms with Crippen molar-refractivity contribution >= 4 is 40.1 Å². The second-order valence-electron chi connectivity index (χ2n) is 4.42. The fraction of sp³-hybridized carbons (Fsp3) is 0.125. The average Bonchev–Trinajstić information content (AvgIpc) is 2.54. The average molecular weight is 410 g/mol. The summed E-state index contributed by atoms with van der Waals surface area (Å²) in [5.41, 5.74) is 0.866. The molecular formula is C16H15IN2O3. The topological polar surface area (TPSA) is 67.4 Å². The van der Waals surface area contributed by atoms with Crippen LogP contribution >= 0.6 is 22.6 Å². The molecule has 2 aromatic carbocycles. The molecule has 5 nitrogen and oxygen atoms in total. The lowest BCUT2D eigenvalue weighted by molar-refractivity contribution is -0.118. The number of benzene rings is 2. The lowest BCUT2D eigenvalue weighted by atomic mass is 10.1. The highest BCUT2D eigenvalue weighted by Gasteiger charge is 2.11. The van der Waals surface area contributed by atoms with Crippen LogP contribution in [0.15, 0.2) is 48.5 Å². The molecule has 0 unspecified atom stereocenters. The highest BCUT2D eigenvalue weighted by atomic mass is 127. The zero-order chi connectivity index (χ0) is 15.9. The number of hydrogen-bond acceptors (Lipinski definition) is 3. The number of carbonyl (C=O) groups is 2. The van der Waals surface area contributed by atoms with E-state index in [0.29, 0.717) is 17.0 Å². The van der Waals surface area contributed by atoms with E-state index in [1.807, 2.05) is 12.1 Å². The van der Waals surface area contributed by atoms with Crippen LogP contribution in [0.1, 0.15) is 10.4 Å². The van der Waals surface area contributed by atoms with Crippen molar-refractivity contribution in [2.24, 2.45) is 0 Å². The summed E-state index contributed by atoms with van der Waals surface area (Å²) < 4.78 is 6.50. The Bertz CT molecular complexity index is 671. The maximum absolute atomic E-state index is 11.9. The summed E-state index contributed by atoms with van der Waals surface area (Å²) in [5, 5.41) is 5.22. The van der Waals surface area contributed by atoms with E-state index in [0.717, 1.165) is 3.57 Å². The Labute approximate surface area is 142 Å². The first-order chi connectivity index (χ1) is 10.6. The second kappa shape index (κ2) is 7.79. The highest BCUT2D eigenvalue weighted by Crippen LogP contribution is 2.16.